The van der Waals surface area contributed by atoms with Crippen molar-refractivity contribution in [3.63, 3.8) is 0 Å². The number of unbranched alkanes of at least 4 members (excludes halogenated alkanes) is 2. The van der Waals surface area contributed by atoms with E-state index in [1.165, 1.54) is 0 Å². The van der Waals surface area contributed by atoms with Gasteiger partial charge in [-0.1, -0.05) is 19.8 Å². The Hall–Kier alpha value is -3.02. The Kier molecular flexibility index (Phi) is 6.89. The zero-order chi connectivity index (χ0) is 19.8. The first-order chi connectivity index (χ1) is 13.6. The van der Waals surface area contributed by atoms with E-state index >= 15 is 0 Å². The molecular weight excluding hydrogens is 354 g/mol. The van der Waals surface area contributed by atoms with Gasteiger partial charge in [-0.25, -0.2) is 4.79 Å². The highest BCUT2D eigenvalue weighted by Gasteiger charge is 2.23. The fourth-order valence-electron chi connectivity index (χ4n) is 2.67. The van der Waals surface area contributed by atoms with Gasteiger partial charge in [0.2, 0.25) is 0 Å². The lowest BCUT2D eigenvalue weighted by Crippen LogP contribution is -2.30. The molecule has 0 unspecified atom stereocenters. The van der Waals surface area contributed by atoms with Gasteiger partial charge in [0.25, 0.3) is 5.91 Å². The van der Waals surface area contributed by atoms with Crippen molar-refractivity contribution >= 4 is 23.3 Å². The van der Waals surface area contributed by atoms with Crippen LogP contribution in [0, 0.1) is 0 Å². The van der Waals surface area contributed by atoms with Crippen LogP contribution < -0.4 is 20.7 Å². The van der Waals surface area contributed by atoms with Crippen LogP contribution in [0.4, 0.5) is 16.2 Å². The van der Waals surface area contributed by atoms with Crippen LogP contribution in [0.3, 0.4) is 0 Å². The first-order valence-electron chi connectivity index (χ1n) is 9.86. The summed E-state index contributed by atoms with van der Waals surface area (Å²) in [6.45, 7) is 2.85. The fourth-order valence-corrected chi connectivity index (χ4v) is 2.67. The van der Waals surface area contributed by atoms with Gasteiger partial charge in [0, 0.05) is 23.0 Å². The predicted octanol–water partition coefficient (Wildman–Crippen LogP) is 4.79. The van der Waals surface area contributed by atoms with Gasteiger partial charge in [-0.15, -0.1) is 0 Å². The molecule has 3 N–H and O–H groups in total. The van der Waals surface area contributed by atoms with Crippen molar-refractivity contribution in [2.24, 2.45) is 0 Å². The number of carbonyl (C=O) groups is 2. The molecule has 0 aliphatic heterocycles. The Morgan fingerprint density at radius 1 is 0.929 bits per heavy atom. The molecule has 6 heteroatoms. The number of hydrogen-bond acceptors (Lipinski definition) is 3. The number of amides is 3. The minimum Gasteiger partial charge on any atom is -0.494 e. The summed E-state index contributed by atoms with van der Waals surface area (Å²) in [5.41, 5.74) is 1.91. The average molecular weight is 381 g/mol. The third-order valence-electron chi connectivity index (χ3n) is 4.45. The SMILES string of the molecule is CCCCCOc1ccc(C(=O)Nc2ccc(NC(=O)NC3CC3)cc2)cc1. The van der Waals surface area contributed by atoms with Crippen molar-refractivity contribution in [1.82, 2.24) is 5.32 Å². The Balaban J connectivity index is 1.47. The standard InChI is InChI=1S/C22H27N3O3/c1-2-3-4-15-28-20-13-5-16(6-14-20)21(26)23-17-7-9-18(10-8-17)24-22(27)25-19-11-12-19/h5-10,13-14,19H,2-4,11-12,15H2,1H3,(H,23,26)(H2,24,25,27). The Bertz CT molecular complexity index is 784. The molecule has 1 saturated carbocycles. The van der Waals surface area contributed by atoms with Crippen LogP contribution in [-0.4, -0.2) is 24.6 Å². The van der Waals surface area contributed by atoms with Gasteiger partial charge in [-0.2, -0.15) is 0 Å². The highest BCUT2D eigenvalue weighted by Crippen LogP contribution is 2.20. The van der Waals surface area contributed by atoms with Gasteiger partial charge in [0.15, 0.2) is 0 Å². The number of benzene rings is 2. The van der Waals surface area contributed by atoms with Crippen molar-refractivity contribution in [3.8, 4) is 5.75 Å². The predicted molar refractivity (Wildman–Crippen MR) is 111 cm³/mol. The molecule has 3 amide bonds. The third-order valence-corrected chi connectivity index (χ3v) is 4.45. The summed E-state index contributed by atoms with van der Waals surface area (Å²) in [7, 11) is 0. The molecule has 28 heavy (non-hydrogen) atoms. The van der Waals surface area contributed by atoms with Crippen molar-refractivity contribution < 1.29 is 14.3 Å². The second-order valence-corrected chi connectivity index (χ2v) is 6.98. The molecular formula is C22H27N3O3. The monoisotopic (exact) mass is 381 g/mol. The largest absolute Gasteiger partial charge is 0.494 e. The van der Waals surface area contributed by atoms with Gasteiger partial charge in [0.05, 0.1) is 6.61 Å². The highest BCUT2D eigenvalue weighted by atomic mass is 16.5. The summed E-state index contributed by atoms with van der Waals surface area (Å²) in [6, 6.07) is 14.3. The second-order valence-electron chi connectivity index (χ2n) is 6.98. The number of carbonyl (C=O) groups excluding carboxylic acids is 2. The minimum atomic E-state index is -0.198. The molecule has 148 valence electrons. The molecule has 1 aliphatic carbocycles. The number of anilines is 2. The molecule has 3 rings (SSSR count). The topological polar surface area (TPSA) is 79.5 Å². The van der Waals surface area contributed by atoms with E-state index in [-0.39, 0.29) is 11.9 Å². The Labute approximate surface area is 165 Å². The summed E-state index contributed by atoms with van der Waals surface area (Å²) < 4.78 is 5.66. The van der Waals surface area contributed by atoms with Gasteiger partial charge >= 0.3 is 6.03 Å². The zero-order valence-corrected chi connectivity index (χ0v) is 16.2. The number of hydrogen-bond donors (Lipinski definition) is 3. The van der Waals surface area contributed by atoms with E-state index in [0.29, 0.717) is 29.6 Å². The molecule has 0 heterocycles. The highest BCUT2D eigenvalue weighted by molar-refractivity contribution is 6.04. The van der Waals surface area contributed by atoms with Crippen molar-refractivity contribution in [3.05, 3.63) is 54.1 Å². The summed E-state index contributed by atoms with van der Waals surface area (Å²) in [5.74, 6) is 0.581. The van der Waals surface area contributed by atoms with E-state index in [1.807, 2.05) is 12.1 Å². The van der Waals surface area contributed by atoms with E-state index in [0.717, 1.165) is 37.9 Å². The van der Waals surface area contributed by atoms with Gasteiger partial charge in [0.1, 0.15) is 5.75 Å². The number of urea groups is 1. The number of rotatable bonds is 9. The fraction of sp³-hybridized carbons (Fsp3) is 0.364. The summed E-state index contributed by atoms with van der Waals surface area (Å²) in [6.07, 6.45) is 5.44. The number of ether oxygens (including phenoxy) is 1. The van der Waals surface area contributed by atoms with Crippen LogP contribution in [-0.2, 0) is 0 Å². The Morgan fingerprint density at radius 2 is 1.57 bits per heavy atom. The molecule has 6 nitrogen and oxygen atoms in total. The lowest BCUT2D eigenvalue weighted by atomic mass is 10.2. The van der Waals surface area contributed by atoms with E-state index in [9.17, 15) is 9.59 Å². The van der Waals surface area contributed by atoms with Crippen LogP contribution in [0.15, 0.2) is 48.5 Å². The molecule has 0 radical (unpaired) electrons. The normalized spacial score (nSPS) is 12.9. The molecule has 0 bridgehead atoms. The quantitative estimate of drug-likeness (QED) is 0.546. The second kappa shape index (κ2) is 9.78. The number of nitrogens with one attached hydrogen (secondary N) is 3. The van der Waals surface area contributed by atoms with E-state index < -0.39 is 0 Å². The smallest absolute Gasteiger partial charge is 0.319 e. The van der Waals surface area contributed by atoms with Crippen molar-refractivity contribution in [1.29, 1.82) is 0 Å². The maximum Gasteiger partial charge on any atom is 0.319 e. The maximum absolute atomic E-state index is 12.4. The lowest BCUT2D eigenvalue weighted by Gasteiger charge is -2.09. The van der Waals surface area contributed by atoms with Crippen LogP contribution >= 0.6 is 0 Å². The lowest BCUT2D eigenvalue weighted by molar-refractivity contribution is 0.102. The van der Waals surface area contributed by atoms with Crippen molar-refractivity contribution in [2.75, 3.05) is 17.2 Å². The molecule has 1 fully saturated rings. The molecule has 0 saturated heterocycles. The summed E-state index contributed by atoms with van der Waals surface area (Å²) in [5, 5.41) is 8.50. The maximum atomic E-state index is 12.4. The summed E-state index contributed by atoms with van der Waals surface area (Å²) in [4.78, 5) is 24.1. The molecule has 0 aromatic heterocycles. The minimum absolute atomic E-state index is 0.190. The Morgan fingerprint density at radius 3 is 2.18 bits per heavy atom. The van der Waals surface area contributed by atoms with Crippen LogP contribution in [0.1, 0.15) is 49.4 Å². The summed E-state index contributed by atoms with van der Waals surface area (Å²) >= 11 is 0. The van der Waals surface area contributed by atoms with Crippen LogP contribution in [0.2, 0.25) is 0 Å². The van der Waals surface area contributed by atoms with Crippen molar-refractivity contribution in [2.45, 2.75) is 45.1 Å². The molecule has 2 aromatic carbocycles. The van der Waals surface area contributed by atoms with E-state index in [1.54, 1.807) is 36.4 Å². The van der Waals surface area contributed by atoms with Gasteiger partial charge in [-0.3, -0.25) is 4.79 Å². The first kappa shape index (κ1) is 19.7. The average Bonchev–Trinajstić information content (AvgIpc) is 3.51. The van der Waals surface area contributed by atoms with Gasteiger partial charge in [-0.05, 0) is 67.8 Å². The van der Waals surface area contributed by atoms with E-state index in [2.05, 4.69) is 22.9 Å². The first-order valence-corrected chi connectivity index (χ1v) is 9.86. The third kappa shape index (κ3) is 6.30. The molecule has 1 aliphatic rings. The molecule has 0 atom stereocenters. The van der Waals surface area contributed by atoms with Crippen LogP contribution in [0.5, 0.6) is 5.75 Å². The molecule has 2 aromatic rings. The zero-order valence-electron chi connectivity index (χ0n) is 16.2. The van der Waals surface area contributed by atoms with Crippen LogP contribution in [0.25, 0.3) is 0 Å². The molecule has 0 spiro atoms. The van der Waals surface area contributed by atoms with E-state index in [4.69, 9.17) is 4.74 Å². The van der Waals surface area contributed by atoms with Gasteiger partial charge < -0.3 is 20.7 Å².